The first-order valence-corrected chi connectivity index (χ1v) is 6.45. The van der Waals surface area contributed by atoms with Gasteiger partial charge in [0.2, 0.25) is 5.28 Å². The fourth-order valence-electron chi connectivity index (χ4n) is 1.43. The van der Waals surface area contributed by atoms with Gasteiger partial charge in [0.25, 0.3) is 0 Å². The van der Waals surface area contributed by atoms with Gasteiger partial charge in [-0.25, -0.2) is 19.9 Å². The van der Waals surface area contributed by atoms with E-state index in [1.54, 1.807) is 6.92 Å². The molecule has 0 aliphatic rings. The van der Waals surface area contributed by atoms with Gasteiger partial charge in [-0.2, -0.15) is 0 Å². The molecule has 0 spiro atoms. The molecule has 2 aromatic heterocycles. The van der Waals surface area contributed by atoms with Crippen LogP contribution < -0.4 is 5.73 Å². The summed E-state index contributed by atoms with van der Waals surface area (Å²) < 4.78 is 0. The molecule has 0 saturated carbocycles. The Labute approximate surface area is 114 Å². The Kier molecular flexibility index (Phi) is 3.68. The summed E-state index contributed by atoms with van der Waals surface area (Å²) in [5, 5.41) is 1.36. The lowest BCUT2D eigenvalue weighted by Crippen LogP contribution is -2.00. The molecule has 2 heterocycles. The number of nitrogens with zero attached hydrogens (tertiary/aromatic N) is 4. The van der Waals surface area contributed by atoms with E-state index in [9.17, 15) is 0 Å². The molecular weight excluding hydrogens is 270 g/mol. The maximum absolute atomic E-state index is 5.92. The highest BCUT2D eigenvalue weighted by atomic mass is 35.5. The van der Waals surface area contributed by atoms with Gasteiger partial charge >= 0.3 is 0 Å². The number of hydrogen-bond acceptors (Lipinski definition) is 6. The van der Waals surface area contributed by atoms with Crippen molar-refractivity contribution in [2.45, 2.75) is 31.0 Å². The number of nitrogens with two attached hydrogens (primary N) is 1. The highest BCUT2D eigenvalue weighted by Crippen LogP contribution is 2.30. The van der Waals surface area contributed by atoms with E-state index in [1.165, 1.54) is 11.8 Å². The number of anilines is 1. The third-order valence-corrected chi connectivity index (χ3v) is 3.26. The summed E-state index contributed by atoms with van der Waals surface area (Å²) in [5.41, 5.74) is 8.88. The second-order valence-corrected chi connectivity index (χ2v) is 5.13. The number of rotatable bonds is 2. The van der Waals surface area contributed by atoms with Gasteiger partial charge < -0.3 is 5.73 Å². The van der Waals surface area contributed by atoms with Gasteiger partial charge in [-0.1, -0.05) is 0 Å². The number of nitrogen functional groups attached to an aromatic ring is 1. The Hall–Kier alpha value is -1.40. The van der Waals surface area contributed by atoms with Crippen molar-refractivity contribution in [3.05, 3.63) is 28.4 Å². The van der Waals surface area contributed by atoms with E-state index in [1.807, 2.05) is 19.9 Å². The Morgan fingerprint density at radius 2 is 1.67 bits per heavy atom. The highest BCUT2D eigenvalue weighted by Gasteiger charge is 2.11. The van der Waals surface area contributed by atoms with Gasteiger partial charge in [0, 0.05) is 11.4 Å². The summed E-state index contributed by atoms with van der Waals surface area (Å²) in [6, 6.07) is 1.91. The van der Waals surface area contributed by atoms with E-state index < -0.39 is 0 Å². The van der Waals surface area contributed by atoms with E-state index >= 15 is 0 Å². The molecule has 5 nitrogen and oxygen atoms in total. The smallest absolute Gasteiger partial charge is 0.223 e. The van der Waals surface area contributed by atoms with E-state index in [0.29, 0.717) is 21.6 Å². The van der Waals surface area contributed by atoms with Crippen LogP contribution in [0, 0.1) is 20.8 Å². The Balaban J connectivity index is 2.39. The minimum atomic E-state index is 0.175. The summed E-state index contributed by atoms with van der Waals surface area (Å²) in [5.74, 6) is 0. The minimum absolute atomic E-state index is 0.175. The van der Waals surface area contributed by atoms with Crippen molar-refractivity contribution < 1.29 is 0 Å². The van der Waals surface area contributed by atoms with Gasteiger partial charge in [0.1, 0.15) is 5.03 Å². The van der Waals surface area contributed by atoms with Crippen molar-refractivity contribution in [2.75, 3.05) is 5.73 Å². The number of aromatic nitrogens is 4. The molecule has 0 bridgehead atoms. The molecule has 0 radical (unpaired) electrons. The highest BCUT2D eigenvalue weighted by molar-refractivity contribution is 7.99. The zero-order valence-electron chi connectivity index (χ0n) is 10.2. The van der Waals surface area contributed by atoms with Crippen LogP contribution >= 0.6 is 23.4 Å². The van der Waals surface area contributed by atoms with Crippen LogP contribution in [-0.2, 0) is 0 Å². The zero-order chi connectivity index (χ0) is 13.3. The molecule has 0 fully saturated rings. The molecule has 0 amide bonds. The van der Waals surface area contributed by atoms with Gasteiger partial charge in [-0.15, -0.1) is 0 Å². The molecular formula is C11H12ClN5S. The average molecular weight is 282 g/mol. The Morgan fingerprint density at radius 3 is 2.28 bits per heavy atom. The van der Waals surface area contributed by atoms with Crippen LogP contribution in [0.15, 0.2) is 16.2 Å². The first kappa shape index (κ1) is 13.0. The van der Waals surface area contributed by atoms with Gasteiger partial charge in [-0.3, -0.25) is 0 Å². The maximum Gasteiger partial charge on any atom is 0.223 e. The monoisotopic (exact) mass is 281 g/mol. The summed E-state index contributed by atoms with van der Waals surface area (Å²) in [6.45, 7) is 5.62. The van der Waals surface area contributed by atoms with Crippen LogP contribution in [0.3, 0.4) is 0 Å². The topological polar surface area (TPSA) is 77.6 Å². The largest absolute Gasteiger partial charge is 0.395 e. The van der Waals surface area contributed by atoms with Crippen LogP contribution in [0.5, 0.6) is 0 Å². The maximum atomic E-state index is 5.92. The lowest BCUT2D eigenvalue weighted by atomic mass is 10.4. The van der Waals surface area contributed by atoms with Crippen molar-refractivity contribution in [3.63, 3.8) is 0 Å². The third-order valence-electron chi connectivity index (χ3n) is 2.22. The average Bonchev–Trinajstić information content (AvgIpc) is 2.23. The van der Waals surface area contributed by atoms with Crippen molar-refractivity contribution in [1.82, 2.24) is 19.9 Å². The fraction of sp³-hybridized carbons (Fsp3) is 0.273. The molecule has 0 atom stereocenters. The van der Waals surface area contributed by atoms with Crippen LogP contribution in [0.2, 0.25) is 5.28 Å². The summed E-state index contributed by atoms with van der Waals surface area (Å²) in [6.07, 6.45) is 0. The Bertz CT molecular complexity index is 582. The first-order chi connectivity index (χ1) is 8.45. The van der Waals surface area contributed by atoms with E-state index in [4.69, 9.17) is 17.3 Å². The predicted octanol–water partition coefficient (Wildman–Crippen LogP) is 2.58. The Morgan fingerprint density at radius 1 is 1.06 bits per heavy atom. The minimum Gasteiger partial charge on any atom is -0.395 e. The van der Waals surface area contributed by atoms with Crippen LogP contribution in [0.25, 0.3) is 0 Å². The molecule has 94 valence electrons. The number of halogens is 1. The van der Waals surface area contributed by atoms with Crippen molar-refractivity contribution in [2.24, 2.45) is 0 Å². The van der Waals surface area contributed by atoms with Crippen LogP contribution in [0.1, 0.15) is 17.1 Å². The molecule has 0 aliphatic heterocycles. The lowest BCUT2D eigenvalue weighted by molar-refractivity contribution is 0.897. The molecule has 0 unspecified atom stereocenters. The van der Waals surface area contributed by atoms with E-state index in [2.05, 4.69) is 19.9 Å². The lowest BCUT2D eigenvalue weighted by Gasteiger charge is -2.07. The molecule has 2 N–H and O–H groups in total. The normalized spacial score (nSPS) is 10.7. The standard InChI is InChI=1S/C11H12ClN5S/c1-5-4-6(2)15-11(14-5)18-9-8(13)7(3)16-10(12)17-9/h4H,13H2,1-3H3. The molecule has 7 heteroatoms. The molecule has 0 saturated heterocycles. The second kappa shape index (κ2) is 5.07. The first-order valence-electron chi connectivity index (χ1n) is 5.25. The zero-order valence-corrected chi connectivity index (χ0v) is 11.8. The third kappa shape index (κ3) is 2.88. The second-order valence-electron chi connectivity index (χ2n) is 3.83. The number of aryl methyl sites for hydroxylation is 3. The summed E-state index contributed by atoms with van der Waals surface area (Å²) >= 11 is 7.11. The molecule has 2 rings (SSSR count). The molecule has 18 heavy (non-hydrogen) atoms. The fourth-order valence-corrected chi connectivity index (χ4v) is 2.63. The van der Waals surface area contributed by atoms with Crippen molar-refractivity contribution in [1.29, 1.82) is 0 Å². The molecule has 0 aliphatic carbocycles. The van der Waals surface area contributed by atoms with Gasteiger partial charge in [0.15, 0.2) is 5.16 Å². The summed E-state index contributed by atoms with van der Waals surface area (Å²) in [7, 11) is 0. The van der Waals surface area contributed by atoms with Crippen LogP contribution in [0.4, 0.5) is 5.69 Å². The predicted molar refractivity (Wildman–Crippen MR) is 71.8 cm³/mol. The number of hydrogen-bond donors (Lipinski definition) is 1. The van der Waals surface area contributed by atoms with E-state index in [-0.39, 0.29) is 5.28 Å². The van der Waals surface area contributed by atoms with Crippen molar-refractivity contribution >= 4 is 29.1 Å². The summed E-state index contributed by atoms with van der Waals surface area (Å²) in [4.78, 5) is 16.7. The van der Waals surface area contributed by atoms with Gasteiger partial charge in [-0.05, 0) is 50.2 Å². The van der Waals surface area contributed by atoms with Gasteiger partial charge in [0.05, 0.1) is 11.4 Å². The molecule has 0 aromatic carbocycles. The molecule has 2 aromatic rings. The van der Waals surface area contributed by atoms with E-state index in [0.717, 1.165) is 11.4 Å². The quantitative estimate of drug-likeness (QED) is 0.673. The van der Waals surface area contributed by atoms with Crippen molar-refractivity contribution in [3.8, 4) is 0 Å². The SMILES string of the molecule is Cc1cc(C)nc(Sc2nc(Cl)nc(C)c2N)n1. The van der Waals surface area contributed by atoms with Crippen LogP contribution in [-0.4, -0.2) is 19.9 Å².